The molecule has 3 aromatic heterocycles. The lowest BCUT2D eigenvalue weighted by atomic mass is 10.1. The van der Waals surface area contributed by atoms with Crippen molar-refractivity contribution in [3.05, 3.63) is 89.3 Å². The van der Waals surface area contributed by atoms with Gasteiger partial charge in [-0.3, -0.25) is 9.78 Å². The number of methoxy groups -OCH3 is 3. The molecule has 216 valence electrons. The van der Waals surface area contributed by atoms with Crippen LogP contribution < -0.4 is 19.7 Å². The number of carbonyl (C=O) groups is 1. The van der Waals surface area contributed by atoms with E-state index in [2.05, 4.69) is 20.2 Å². The number of pyridine rings is 1. The Morgan fingerprint density at radius 2 is 1.83 bits per heavy atom. The number of aromatic nitrogens is 3. The molecular formula is C30H35N5O5S. The Bertz CT molecular complexity index is 1420. The molecule has 0 saturated heterocycles. The minimum atomic E-state index is -0.256. The predicted octanol–water partition coefficient (Wildman–Crippen LogP) is 4.57. The van der Waals surface area contributed by atoms with Crippen molar-refractivity contribution in [2.45, 2.75) is 30.4 Å². The maximum absolute atomic E-state index is 12.5. The Labute approximate surface area is 244 Å². The number of nitrogens with zero attached hydrogens (tertiary/aromatic N) is 4. The van der Waals surface area contributed by atoms with E-state index in [9.17, 15) is 4.79 Å². The van der Waals surface area contributed by atoms with E-state index in [1.54, 1.807) is 39.7 Å². The average molecular weight is 578 g/mol. The van der Waals surface area contributed by atoms with Gasteiger partial charge in [0.15, 0.2) is 22.4 Å². The Morgan fingerprint density at radius 1 is 0.976 bits per heavy atom. The number of ether oxygens (including phenoxy) is 3. The lowest BCUT2D eigenvalue weighted by molar-refractivity contribution is 0.0925. The number of amides is 1. The Balaban J connectivity index is 1.34. The number of hydrogen-bond donors (Lipinski definition) is 1. The van der Waals surface area contributed by atoms with Crippen LogP contribution in [0.4, 0.5) is 5.82 Å². The number of benzene rings is 1. The lowest BCUT2D eigenvalue weighted by Gasteiger charge is -2.20. The summed E-state index contributed by atoms with van der Waals surface area (Å²) >= 11 is 1.44. The largest absolute Gasteiger partial charge is 0.493 e. The number of thioether (sulfide) groups is 1. The maximum Gasteiger partial charge on any atom is 0.287 e. The van der Waals surface area contributed by atoms with Gasteiger partial charge in [0.1, 0.15) is 11.6 Å². The Morgan fingerprint density at radius 3 is 2.59 bits per heavy atom. The fourth-order valence-corrected chi connectivity index (χ4v) is 4.81. The second-order valence-corrected chi connectivity index (χ2v) is 10.1. The summed E-state index contributed by atoms with van der Waals surface area (Å²) < 4.78 is 21.9. The Hall–Kier alpha value is -4.09. The number of furan rings is 1. The molecule has 4 aromatic rings. The first-order valence-electron chi connectivity index (χ1n) is 13.2. The molecule has 41 heavy (non-hydrogen) atoms. The summed E-state index contributed by atoms with van der Waals surface area (Å²) in [4.78, 5) is 28.3. The van der Waals surface area contributed by atoms with Crippen molar-refractivity contribution in [2.75, 3.05) is 46.4 Å². The summed E-state index contributed by atoms with van der Waals surface area (Å²) in [6, 6.07) is 17.1. The van der Waals surface area contributed by atoms with Crippen LogP contribution in [-0.2, 0) is 29.9 Å². The third kappa shape index (κ3) is 8.70. The molecule has 11 heteroatoms. The third-order valence-corrected chi connectivity index (χ3v) is 7.10. The minimum absolute atomic E-state index is 0.256. The normalized spacial score (nSPS) is 10.8. The van der Waals surface area contributed by atoms with Gasteiger partial charge in [-0.25, -0.2) is 9.97 Å². The van der Waals surface area contributed by atoms with Crippen molar-refractivity contribution in [1.82, 2.24) is 20.3 Å². The van der Waals surface area contributed by atoms with Gasteiger partial charge in [-0.1, -0.05) is 23.9 Å². The number of anilines is 1. The first-order valence-corrected chi connectivity index (χ1v) is 14.2. The van der Waals surface area contributed by atoms with E-state index in [0.717, 1.165) is 35.7 Å². The second kappa shape index (κ2) is 15.1. The molecule has 0 fully saturated rings. The Kier molecular flexibility index (Phi) is 11.0. The lowest BCUT2D eigenvalue weighted by Crippen LogP contribution is -2.25. The minimum Gasteiger partial charge on any atom is -0.493 e. The summed E-state index contributed by atoms with van der Waals surface area (Å²) in [6.45, 7) is 1.58. The fourth-order valence-electron chi connectivity index (χ4n) is 4.04. The highest BCUT2D eigenvalue weighted by atomic mass is 32.2. The van der Waals surface area contributed by atoms with Crippen molar-refractivity contribution in [3.63, 3.8) is 0 Å². The van der Waals surface area contributed by atoms with E-state index in [-0.39, 0.29) is 11.7 Å². The van der Waals surface area contributed by atoms with Crippen LogP contribution in [0.25, 0.3) is 0 Å². The molecule has 3 heterocycles. The maximum atomic E-state index is 12.5. The molecule has 0 saturated carbocycles. The third-order valence-electron chi connectivity index (χ3n) is 6.23. The van der Waals surface area contributed by atoms with Gasteiger partial charge in [-0.15, -0.1) is 0 Å². The summed E-state index contributed by atoms with van der Waals surface area (Å²) in [7, 11) is 6.90. The standard InChI is InChI=1S/C30H35N5O5S/c1-35(16-13-21-8-10-25(38-3)27(17-21)39-4)28-18-23(19-37-2)33-30(34-28)41-20-24-9-11-26(40-24)29(36)32-15-12-22-7-5-6-14-31-22/h5-11,14,17-18H,12-13,15-16,19-20H2,1-4H3,(H,32,36). The zero-order valence-corrected chi connectivity index (χ0v) is 24.6. The highest BCUT2D eigenvalue weighted by Gasteiger charge is 2.14. The number of nitrogens with one attached hydrogen (secondary N) is 1. The number of rotatable bonds is 15. The van der Waals surface area contributed by atoms with E-state index in [0.29, 0.717) is 47.7 Å². The molecule has 10 nitrogen and oxygen atoms in total. The van der Waals surface area contributed by atoms with Gasteiger partial charge in [-0.05, 0) is 48.4 Å². The molecule has 0 spiro atoms. The monoisotopic (exact) mass is 577 g/mol. The second-order valence-electron chi connectivity index (χ2n) is 9.18. The molecule has 1 N–H and O–H groups in total. The van der Waals surface area contributed by atoms with E-state index in [1.807, 2.05) is 49.5 Å². The van der Waals surface area contributed by atoms with Crippen molar-refractivity contribution >= 4 is 23.5 Å². The van der Waals surface area contributed by atoms with Gasteiger partial charge in [0.2, 0.25) is 0 Å². The van der Waals surface area contributed by atoms with Gasteiger partial charge in [0.25, 0.3) is 5.91 Å². The van der Waals surface area contributed by atoms with E-state index in [1.165, 1.54) is 11.8 Å². The number of carbonyl (C=O) groups excluding carboxylic acids is 1. The van der Waals surface area contributed by atoms with Crippen LogP contribution in [0.15, 0.2) is 70.4 Å². The van der Waals surface area contributed by atoms with Gasteiger partial charge in [-0.2, -0.15) is 0 Å². The molecule has 1 aromatic carbocycles. The molecule has 0 aliphatic rings. The van der Waals surface area contributed by atoms with Gasteiger partial charge in [0, 0.05) is 51.6 Å². The van der Waals surface area contributed by atoms with E-state index >= 15 is 0 Å². The van der Waals surface area contributed by atoms with Crippen LogP contribution in [0.1, 0.15) is 33.3 Å². The number of hydrogen-bond acceptors (Lipinski definition) is 10. The first kappa shape index (κ1) is 29.9. The van der Waals surface area contributed by atoms with Crippen molar-refractivity contribution in [2.24, 2.45) is 0 Å². The average Bonchev–Trinajstić information content (AvgIpc) is 3.48. The van der Waals surface area contributed by atoms with Gasteiger partial charge in [0.05, 0.1) is 32.3 Å². The first-order chi connectivity index (χ1) is 20.0. The molecule has 4 rings (SSSR count). The van der Waals surface area contributed by atoms with Crippen LogP contribution in [0.3, 0.4) is 0 Å². The molecule has 0 radical (unpaired) electrons. The molecule has 0 unspecified atom stereocenters. The topological polar surface area (TPSA) is 112 Å². The highest BCUT2D eigenvalue weighted by Crippen LogP contribution is 2.28. The van der Waals surface area contributed by atoms with Crippen LogP contribution in [0, 0.1) is 0 Å². The molecule has 0 aliphatic heterocycles. The van der Waals surface area contributed by atoms with Crippen molar-refractivity contribution < 1.29 is 23.4 Å². The van der Waals surface area contributed by atoms with Crippen LogP contribution in [0.2, 0.25) is 0 Å². The fraction of sp³-hybridized carbons (Fsp3) is 0.333. The van der Waals surface area contributed by atoms with Crippen LogP contribution >= 0.6 is 11.8 Å². The van der Waals surface area contributed by atoms with Crippen molar-refractivity contribution in [1.29, 1.82) is 0 Å². The number of likely N-dealkylation sites (N-methyl/N-ethyl adjacent to an activating group) is 1. The zero-order chi connectivity index (χ0) is 29.0. The molecule has 0 atom stereocenters. The smallest absolute Gasteiger partial charge is 0.287 e. The van der Waals surface area contributed by atoms with Gasteiger partial charge >= 0.3 is 0 Å². The SMILES string of the molecule is COCc1cc(N(C)CCc2ccc(OC)c(OC)c2)nc(SCc2ccc(C(=O)NCCc3ccccn3)o2)n1. The van der Waals surface area contributed by atoms with Crippen molar-refractivity contribution in [3.8, 4) is 11.5 Å². The summed E-state index contributed by atoms with van der Waals surface area (Å²) in [5.41, 5.74) is 2.83. The highest BCUT2D eigenvalue weighted by molar-refractivity contribution is 7.98. The quantitative estimate of drug-likeness (QED) is 0.159. The predicted molar refractivity (Wildman–Crippen MR) is 158 cm³/mol. The summed E-state index contributed by atoms with van der Waals surface area (Å²) in [5.74, 6) is 3.36. The molecular weight excluding hydrogens is 542 g/mol. The van der Waals surface area contributed by atoms with E-state index < -0.39 is 0 Å². The molecule has 0 bridgehead atoms. The molecule has 1 amide bonds. The summed E-state index contributed by atoms with van der Waals surface area (Å²) in [5, 5.41) is 3.48. The zero-order valence-electron chi connectivity index (χ0n) is 23.8. The van der Waals surface area contributed by atoms with Gasteiger partial charge < -0.3 is 28.8 Å². The van der Waals surface area contributed by atoms with Crippen LogP contribution in [-0.4, -0.2) is 62.3 Å². The van der Waals surface area contributed by atoms with E-state index in [4.69, 9.17) is 23.6 Å². The summed E-state index contributed by atoms with van der Waals surface area (Å²) in [6.07, 6.45) is 3.18. The van der Waals surface area contributed by atoms with Crippen LogP contribution in [0.5, 0.6) is 11.5 Å². The molecule has 0 aliphatic carbocycles.